The minimum atomic E-state index is -0.756. The molecule has 1 aromatic carbocycles. The van der Waals surface area contributed by atoms with Crippen molar-refractivity contribution in [2.75, 3.05) is 5.32 Å². The fourth-order valence-electron chi connectivity index (χ4n) is 2.51. The summed E-state index contributed by atoms with van der Waals surface area (Å²) in [6.45, 7) is 0. The lowest BCUT2D eigenvalue weighted by Crippen LogP contribution is -2.24. The molecule has 2 fully saturated rings. The van der Waals surface area contributed by atoms with Gasteiger partial charge in [-0.15, -0.1) is 0 Å². The highest BCUT2D eigenvalue weighted by Gasteiger charge is 2.42. The Morgan fingerprint density at radius 2 is 1.89 bits per heavy atom. The van der Waals surface area contributed by atoms with Gasteiger partial charge in [-0.1, -0.05) is 11.6 Å². The summed E-state index contributed by atoms with van der Waals surface area (Å²) >= 11 is 5.73. The van der Waals surface area contributed by atoms with Crippen molar-refractivity contribution in [2.24, 2.45) is 11.8 Å². The van der Waals surface area contributed by atoms with E-state index >= 15 is 0 Å². The van der Waals surface area contributed by atoms with E-state index in [1.807, 2.05) is 0 Å². The van der Waals surface area contributed by atoms with Crippen molar-refractivity contribution in [3.05, 3.63) is 33.1 Å². The van der Waals surface area contributed by atoms with Gasteiger partial charge in [-0.25, -0.2) is 4.39 Å². The average molecular weight is 285 g/mol. The Balaban J connectivity index is 1.89. The number of nitro groups is 1. The Hall–Kier alpha value is -1.36. The maximum absolute atomic E-state index is 13.3. The van der Waals surface area contributed by atoms with Crippen molar-refractivity contribution < 1.29 is 9.31 Å². The fraction of sp³-hybridized carbons (Fsp3) is 0.538. The number of nitrogens with one attached hydrogen (secondary N) is 1. The van der Waals surface area contributed by atoms with Gasteiger partial charge in [0.1, 0.15) is 11.5 Å². The summed E-state index contributed by atoms with van der Waals surface area (Å²) in [6.07, 6.45) is 4.65. The predicted octanol–water partition coefficient (Wildman–Crippen LogP) is 3.99. The lowest BCUT2D eigenvalue weighted by atomic mass is 10.1. The van der Waals surface area contributed by atoms with Crippen LogP contribution in [-0.2, 0) is 0 Å². The minimum absolute atomic E-state index is 0.0848. The molecule has 0 spiro atoms. The van der Waals surface area contributed by atoms with Crippen LogP contribution < -0.4 is 5.32 Å². The molecule has 0 amide bonds. The van der Waals surface area contributed by atoms with Gasteiger partial charge in [-0.05, 0) is 43.6 Å². The van der Waals surface area contributed by atoms with E-state index in [4.69, 9.17) is 11.6 Å². The van der Waals surface area contributed by atoms with Crippen LogP contribution >= 0.6 is 11.6 Å². The van der Waals surface area contributed by atoms with Crippen LogP contribution in [0.4, 0.5) is 15.8 Å². The lowest BCUT2D eigenvalue weighted by Gasteiger charge is -2.19. The molecule has 0 radical (unpaired) electrons. The minimum Gasteiger partial charge on any atom is -0.376 e. The van der Waals surface area contributed by atoms with Gasteiger partial charge in [0, 0.05) is 6.04 Å². The van der Waals surface area contributed by atoms with Gasteiger partial charge in [0.2, 0.25) is 0 Å². The summed E-state index contributed by atoms with van der Waals surface area (Å²) in [6, 6.07) is 2.48. The molecule has 19 heavy (non-hydrogen) atoms. The zero-order valence-corrected chi connectivity index (χ0v) is 11.0. The van der Waals surface area contributed by atoms with Crippen molar-refractivity contribution in [3.63, 3.8) is 0 Å². The third-order valence-corrected chi connectivity index (χ3v) is 4.11. The molecule has 0 saturated heterocycles. The van der Waals surface area contributed by atoms with Crippen LogP contribution in [0.1, 0.15) is 25.7 Å². The molecule has 2 aliphatic rings. The van der Waals surface area contributed by atoms with E-state index in [0.717, 1.165) is 31.7 Å². The first-order chi connectivity index (χ1) is 9.06. The van der Waals surface area contributed by atoms with Gasteiger partial charge < -0.3 is 5.32 Å². The zero-order chi connectivity index (χ0) is 13.6. The fourth-order valence-corrected chi connectivity index (χ4v) is 2.68. The van der Waals surface area contributed by atoms with Crippen LogP contribution in [-0.4, -0.2) is 11.0 Å². The summed E-state index contributed by atoms with van der Waals surface area (Å²) in [4.78, 5) is 10.4. The molecule has 3 rings (SSSR count). The number of hydrogen-bond acceptors (Lipinski definition) is 3. The van der Waals surface area contributed by atoms with Gasteiger partial charge in [0.25, 0.3) is 5.69 Å². The number of halogens is 2. The molecule has 0 unspecified atom stereocenters. The zero-order valence-electron chi connectivity index (χ0n) is 10.2. The van der Waals surface area contributed by atoms with Crippen LogP contribution in [0.15, 0.2) is 12.1 Å². The molecule has 4 nitrogen and oxygen atoms in total. The molecular weight excluding hydrogens is 271 g/mol. The van der Waals surface area contributed by atoms with Crippen LogP contribution in [0.3, 0.4) is 0 Å². The number of rotatable bonds is 5. The highest BCUT2D eigenvalue weighted by Crippen LogP contribution is 2.46. The lowest BCUT2D eigenvalue weighted by molar-refractivity contribution is -0.384. The average Bonchev–Trinajstić information content (AvgIpc) is 3.23. The predicted molar refractivity (Wildman–Crippen MR) is 70.9 cm³/mol. The molecular formula is C13H14ClFN2O2. The van der Waals surface area contributed by atoms with E-state index in [9.17, 15) is 14.5 Å². The molecule has 0 bridgehead atoms. The van der Waals surface area contributed by atoms with Gasteiger partial charge in [0.05, 0.1) is 16.0 Å². The second-order valence-corrected chi connectivity index (χ2v) is 5.79. The number of nitrogens with zero attached hydrogens (tertiary/aromatic N) is 1. The van der Waals surface area contributed by atoms with E-state index in [-0.39, 0.29) is 16.8 Å². The quantitative estimate of drug-likeness (QED) is 0.657. The highest BCUT2D eigenvalue weighted by atomic mass is 35.5. The molecule has 1 N–H and O–H groups in total. The van der Waals surface area contributed by atoms with E-state index in [0.29, 0.717) is 17.5 Å². The van der Waals surface area contributed by atoms with Gasteiger partial charge in [-0.3, -0.25) is 10.1 Å². The Kier molecular flexibility index (Phi) is 3.09. The standard InChI is InChI=1S/C13H14ClFN2O2/c14-9-5-11(12(17(18)19)6-10(9)15)16-13(7-1-2-7)8-3-4-8/h5-8,13,16H,1-4H2. The van der Waals surface area contributed by atoms with Crippen molar-refractivity contribution in [2.45, 2.75) is 31.7 Å². The first kappa shape index (κ1) is 12.7. The number of benzene rings is 1. The normalized spacial score (nSPS) is 18.7. The third-order valence-electron chi connectivity index (χ3n) is 3.82. The Bertz CT molecular complexity index is 518. The van der Waals surface area contributed by atoms with Crippen LogP contribution in [0.2, 0.25) is 5.02 Å². The van der Waals surface area contributed by atoms with Crippen LogP contribution in [0.5, 0.6) is 0 Å². The molecule has 2 saturated carbocycles. The van der Waals surface area contributed by atoms with Crippen molar-refractivity contribution in [3.8, 4) is 0 Å². The largest absolute Gasteiger partial charge is 0.376 e. The SMILES string of the molecule is O=[N+]([O-])c1cc(F)c(Cl)cc1NC(C1CC1)C1CC1. The number of hydrogen-bond donors (Lipinski definition) is 1. The van der Waals surface area contributed by atoms with Crippen LogP contribution in [0.25, 0.3) is 0 Å². The molecule has 0 aromatic heterocycles. The second kappa shape index (κ2) is 4.63. The first-order valence-corrected chi connectivity index (χ1v) is 6.84. The Labute approximate surface area is 115 Å². The summed E-state index contributed by atoms with van der Waals surface area (Å²) in [5.74, 6) is 0.431. The molecule has 6 heteroatoms. The second-order valence-electron chi connectivity index (χ2n) is 5.39. The summed E-state index contributed by atoms with van der Waals surface area (Å²) in [5.41, 5.74) is 0.0911. The summed E-state index contributed by atoms with van der Waals surface area (Å²) in [5, 5.41) is 14.1. The number of anilines is 1. The van der Waals surface area contributed by atoms with E-state index < -0.39 is 10.7 Å². The maximum atomic E-state index is 13.3. The van der Waals surface area contributed by atoms with Gasteiger partial charge in [0.15, 0.2) is 0 Å². The number of nitro benzene ring substituents is 1. The van der Waals surface area contributed by atoms with Gasteiger partial charge in [-0.2, -0.15) is 0 Å². The van der Waals surface area contributed by atoms with Crippen LogP contribution in [0, 0.1) is 27.8 Å². The van der Waals surface area contributed by atoms with E-state index in [1.54, 1.807) is 0 Å². The molecule has 0 heterocycles. The molecule has 1 aromatic rings. The molecule has 102 valence electrons. The molecule has 0 atom stereocenters. The summed E-state index contributed by atoms with van der Waals surface area (Å²) in [7, 11) is 0. The summed E-state index contributed by atoms with van der Waals surface area (Å²) < 4.78 is 13.3. The van der Waals surface area contributed by atoms with Crippen molar-refractivity contribution >= 4 is 23.0 Å². The van der Waals surface area contributed by atoms with Gasteiger partial charge >= 0.3 is 0 Å². The Morgan fingerprint density at radius 3 is 2.37 bits per heavy atom. The topological polar surface area (TPSA) is 55.2 Å². The van der Waals surface area contributed by atoms with Crippen molar-refractivity contribution in [1.82, 2.24) is 0 Å². The Morgan fingerprint density at radius 1 is 1.32 bits per heavy atom. The third kappa shape index (κ3) is 2.66. The van der Waals surface area contributed by atoms with E-state index in [1.165, 1.54) is 6.07 Å². The highest BCUT2D eigenvalue weighted by molar-refractivity contribution is 6.31. The van der Waals surface area contributed by atoms with Crippen molar-refractivity contribution in [1.29, 1.82) is 0 Å². The van der Waals surface area contributed by atoms with E-state index in [2.05, 4.69) is 5.32 Å². The molecule has 0 aliphatic heterocycles. The first-order valence-electron chi connectivity index (χ1n) is 6.46. The smallest absolute Gasteiger partial charge is 0.295 e. The molecule has 2 aliphatic carbocycles. The monoisotopic (exact) mass is 284 g/mol. The maximum Gasteiger partial charge on any atom is 0.295 e.